The maximum atomic E-state index is 5.55. The fraction of sp³-hybridized carbons (Fsp3) is 0.786. The molecule has 0 bridgehead atoms. The van der Waals surface area contributed by atoms with Crippen LogP contribution in [-0.4, -0.2) is 11.5 Å². The van der Waals surface area contributed by atoms with Crippen LogP contribution in [0.2, 0.25) is 0 Å². The first-order valence-corrected chi connectivity index (χ1v) is 6.78. The van der Waals surface area contributed by atoms with Gasteiger partial charge in [-0.1, -0.05) is 19.8 Å². The first-order chi connectivity index (χ1) is 8.15. The number of nitrogens with zero attached hydrogens (tertiary/aromatic N) is 1. The number of aromatic nitrogens is 1. The second-order valence-electron chi connectivity index (χ2n) is 5.52. The largest absolute Gasteiger partial charge is 0.444 e. The van der Waals surface area contributed by atoms with Gasteiger partial charge >= 0.3 is 0 Å². The van der Waals surface area contributed by atoms with Gasteiger partial charge in [0, 0.05) is 0 Å². The van der Waals surface area contributed by atoms with E-state index < -0.39 is 0 Å². The molecule has 0 saturated heterocycles. The molecule has 1 aromatic rings. The van der Waals surface area contributed by atoms with Crippen LogP contribution in [0.5, 0.6) is 0 Å². The van der Waals surface area contributed by atoms with Crippen molar-refractivity contribution in [1.29, 1.82) is 0 Å². The SMILES string of the molecule is Cc1nc(CNCC2CCCC(C)C2)oc1C. The van der Waals surface area contributed by atoms with E-state index in [-0.39, 0.29) is 0 Å². The summed E-state index contributed by atoms with van der Waals surface area (Å²) >= 11 is 0. The zero-order valence-electron chi connectivity index (χ0n) is 11.3. The Bertz CT molecular complexity index is 340. The highest BCUT2D eigenvalue weighted by Crippen LogP contribution is 2.27. The summed E-state index contributed by atoms with van der Waals surface area (Å²) in [5, 5.41) is 3.48. The van der Waals surface area contributed by atoms with E-state index in [9.17, 15) is 0 Å². The minimum Gasteiger partial charge on any atom is -0.444 e. The average molecular weight is 236 g/mol. The van der Waals surface area contributed by atoms with Crippen molar-refractivity contribution >= 4 is 0 Å². The molecule has 1 saturated carbocycles. The van der Waals surface area contributed by atoms with Crippen LogP contribution in [0.3, 0.4) is 0 Å². The average Bonchev–Trinajstić information content (AvgIpc) is 2.58. The number of hydrogen-bond acceptors (Lipinski definition) is 3. The van der Waals surface area contributed by atoms with Crippen LogP contribution in [0.1, 0.15) is 50.0 Å². The van der Waals surface area contributed by atoms with Crippen LogP contribution in [0.25, 0.3) is 0 Å². The number of aryl methyl sites for hydroxylation is 2. The third kappa shape index (κ3) is 3.56. The first kappa shape index (κ1) is 12.6. The molecule has 96 valence electrons. The number of nitrogens with one attached hydrogen (secondary N) is 1. The van der Waals surface area contributed by atoms with Crippen LogP contribution in [-0.2, 0) is 6.54 Å². The molecule has 0 spiro atoms. The lowest BCUT2D eigenvalue weighted by Crippen LogP contribution is -2.26. The highest BCUT2D eigenvalue weighted by molar-refractivity contribution is 5.05. The topological polar surface area (TPSA) is 38.1 Å². The molecule has 2 atom stereocenters. The van der Waals surface area contributed by atoms with Gasteiger partial charge in [-0.3, -0.25) is 0 Å². The van der Waals surface area contributed by atoms with Crippen molar-refractivity contribution in [3.8, 4) is 0 Å². The summed E-state index contributed by atoms with van der Waals surface area (Å²) in [5.41, 5.74) is 1.01. The fourth-order valence-corrected chi connectivity index (χ4v) is 2.74. The fourth-order valence-electron chi connectivity index (χ4n) is 2.74. The molecule has 0 radical (unpaired) electrons. The van der Waals surface area contributed by atoms with E-state index in [0.717, 1.165) is 42.3 Å². The molecular formula is C14H24N2O. The maximum absolute atomic E-state index is 5.55. The van der Waals surface area contributed by atoms with E-state index in [0.29, 0.717) is 0 Å². The molecule has 0 aromatic carbocycles. The second kappa shape index (κ2) is 5.67. The lowest BCUT2D eigenvalue weighted by atomic mass is 9.82. The van der Waals surface area contributed by atoms with Gasteiger partial charge in [-0.25, -0.2) is 4.98 Å². The van der Waals surface area contributed by atoms with Crippen molar-refractivity contribution in [2.45, 2.75) is 53.0 Å². The predicted molar refractivity (Wildman–Crippen MR) is 68.8 cm³/mol. The number of hydrogen-bond donors (Lipinski definition) is 1. The Hall–Kier alpha value is -0.830. The zero-order chi connectivity index (χ0) is 12.3. The Morgan fingerprint density at radius 3 is 2.82 bits per heavy atom. The summed E-state index contributed by atoms with van der Waals surface area (Å²) in [6.07, 6.45) is 5.55. The lowest BCUT2D eigenvalue weighted by molar-refractivity contribution is 0.271. The van der Waals surface area contributed by atoms with Gasteiger partial charge in [0.2, 0.25) is 5.89 Å². The Morgan fingerprint density at radius 1 is 1.35 bits per heavy atom. The minimum atomic E-state index is 0.763. The van der Waals surface area contributed by atoms with Crippen LogP contribution in [0.4, 0.5) is 0 Å². The zero-order valence-corrected chi connectivity index (χ0v) is 11.3. The smallest absolute Gasteiger partial charge is 0.208 e. The van der Waals surface area contributed by atoms with Gasteiger partial charge in [0.15, 0.2) is 0 Å². The third-order valence-corrected chi connectivity index (χ3v) is 3.83. The van der Waals surface area contributed by atoms with Crippen LogP contribution >= 0.6 is 0 Å². The van der Waals surface area contributed by atoms with Crippen molar-refractivity contribution < 1.29 is 4.42 Å². The second-order valence-corrected chi connectivity index (χ2v) is 5.52. The molecule has 1 aliphatic carbocycles. The van der Waals surface area contributed by atoms with E-state index in [1.807, 2.05) is 13.8 Å². The molecule has 1 aliphatic rings. The third-order valence-electron chi connectivity index (χ3n) is 3.83. The molecule has 17 heavy (non-hydrogen) atoms. The van der Waals surface area contributed by atoms with Gasteiger partial charge in [0.05, 0.1) is 12.2 Å². The summed E-state index contributed by atoms with van der Waals surface area (Å²) in [5.74, 6) is 3.51. The van der Waals surface area contributed by atoms with Crippen LogP contribution in [0, 0.1) is 25.7 Å². The number of rotatable bonds is 4. The van der Waals surface area contributed by atoms with Gasteiger partial charge in [-0.15, -0.1) is 0 Å². The van der Waals surface area contributed by atoms with Gasteiger partial charge < -0.3 is 9.73 Å². The summed E-state index contributed by atoms with van der Waals surface area (Å²) < 4.78 is 5.55. The van der Waals surface area contributed by atoms with E-state index in [1.54, 1.807) is 0 Å². The van der Waals surface area contributed by atoms with Gasteiger partial charge in [-0.05, 0) is 45.1 Å². The highest BCUT2D eigenvalue weighted by atomic mass is 16.4. The highest BCUT2D eigenvalue weighted by Gasteiger charge is 2.18. The van der Waals surface area contributed by atoms with E-state index in [1.165, 1.54) is 25.7 Å². The predicted octanol–water partition coefficient (Wildman–Crippen LogP) is 3.21. The lowest BCUT2D eigenvalue weighted by Gasteiger charge is -2.26. The summed E-state index contributed by atoms with van der Waals surface area (Å²) in [6.45, 7) is 8.19. The van der Waals surface area contributed by atoms with Crippen molar-refractivity contribution in [3.05, 3.63) is 17.3 Å². The van der Waals surface area contributed by atoms with Crippen LogP contribution in [0.15, 0.2) is 4.42 Å². The Labute approximate surface area is 104 Å². The molecule has 3 heteroatoms. The summed E-state index contributed by atoms with van der Waals surface area (Å²) in [6, 6.07) is 0. The molecule has 1 aromatic heterocycles. The minimum absolute atomic E-state index is 0.763. The molecule has 0 amide bonds. The van der Waals surface area contributed by atoms with E-state index >= 15 is 0 Å². The van der Waals surface area contributed by atoms with Crippen LogP contribution < -0.4 is 5.32 Å². The Morgan fingerprint density at radius 2 is 2.18 bits per heavy atom. The maximum Gasteiger partial charge on any atom is 0.208 e. The van der Waals surface area contributed by atoms with E-state index in [2.05, 4.69) is 17.2 Å². The summed E-state index contributed by atoms with van der Waals surface area (Å²) in [7, 11) is 0. The first-order valence-electron chi connectivity index (χ1n) is 6.78. The van der Waals surface area contributed by atoms with Crippen molar-refractivity contribution in [2.24, 2.45) is 11.8 Å². The Kier molecular flexibility index (Phi) is 4.21. The van der Waals surface area contributed by atoms with Crippen molar-refractivity contribution in [2.75, 3.05) is 6.54 Å². The standard InChI is InChI=1S/C14H24N2O/c1-10-5-4-6-13(7-10)8-15-9-14-16-11(2)12(3)17-14/h10,13,15H,4-9H2,1-3H3. The molecule has 3 nitrogen and oxygen atoms in total. The monoisotopic (exact) mass is 236 g/mol. The van der Waals surface area contributed by atoms with Gasteiger partial charge in [0.25, 0.3) is 0 Å². The van der Waals surface area contributed by atoms with Gasteiger partial charge in [0.1, 0.15) is 5.76 Å². The molecule has 2 unspecified atom stereocenters. The number of oxazole rings is 1. The normalized spacial score (nSPS) is 25.1. The Balaban J connectivity index is 1.72. The van der Waals surface area contributed by atoms with Crippen molar-refractivity contribution in [3.63, 3.8) is 0 Å². The molecular weight excluding hydrogens is 212 g/mol. The molecule has 1 N–H and O–H groups in total. The van der Waals surface area contributed by atoms with Crippen molar-refractivity contribution in [1.82, 2.24) is 10.3 Å². The molecule has 1 fully saturated rings. The quantitative estimate of drug-likeness (QED) is 0.872. The molecule has 1 heterocycles. The van der Waals surface area contributed by atoms with Gasteiger partial charge in [-0.2, -0.15) is 0 Å². The molecule has 2 rings (SSSR count). The van der Waals surface area contributed by atoms with E-state index in [4.69, 9.17) is 4.42 Å². The summed E-state index contributed by atoms with van der Waals surface area (Å²) in [4.78, 5) is 4.38. The molecule has 0 aliphatic heterocycles.